The molecule has 0 atom stereocenters. The van der Waals surface area contributed by atoms with E-state index in [0.29, 0.717) is 11.4 Å². The van der Waals surface area contributed by atoms with Gasteiger partial charge in [0.2, 0.25) is 0 Å². The number of rotatable bonds is 2. The average molecular weight is 415 g/mol. The molecule has 3 aromatic rings. The van der Waals surface area contributed by atoms with Crippen molar-refractivity contribution in [2.45, 2.75) is 13.8 Å². The van der Waals surface area contributed by atoms with Crippen molar-refractivity contribution in [3.05, 3.63) is 56.4 Å². The number of halogens is 1. The van der Waals surface area contributed by atoms with Crippen LogP contribution < -0.4 is 0 Å². The highest BCUT2D eigenvalue weighted by Gasteiger charge is 2.09. The summed E-state index contributed by atoms with van der Waals surface area (Å²) in [5, 5.41) is 19.1. The first-order valence-corrected chi connectivity index (χ1v) is 8.13. The molecule has 5 heteroatoms. The maximum Gasteiger partial charge on any atom is 0.149 e. The van der Waals surface area contributed by atoms with E-state index in [2.05, 4.69) is 45.6 Å². The van der Waals surface area contributed by atoms with Gasteiger partial charge in [0.1, 0.15) is 17.6 Å². The Morgan fingerprint density at radius 1 is 1.26 bits per heavy atom. The van der Waals surface area contributed by atoms with Gasteiger partial charge in [-0.3, -0.25) is 0 Å². The molecular formula is C18H14IN3O. The van der Waals surface area contributed by atoms with E-state index >= 15 is 0 Å². The number of aryl methyl sites for hydroxylation is 2. The van der Waals surface area contributed by atoms with E-state index in [0.717, 1.165) is 20.2 Å². The molecule has 1 heterocycles. The van der Waals surface area contributed by atoms with E-state index in [1.54, 1.807) is 18.2 Å². The highest BCUT2D eigenvalue weighted by atomic mass is 127. The monoisotopic (exact) mass is 415 g/mol. The molecule has 2 N–H and O–H groups in total. The van der Waals surface area contributed by atoms with Crippen LogP contribution in [0.4, 0.5) is 0 Å². The van der Waals surface area contributed by atoms with Crippen LogP contribution in [0.15, 0.2) is 30.3 Å². The van der Waals surface area contributed by atoms with Gasteiger partial charge >= 0.3 is 0 Å². The summed E-state index contributed by atoms with van der Waals surface area (Å²) in [6, 6.07) is 11.5. The molecule has 1 aromatic heterocycles. The number of imidazole rings is 1. The van der Waals surface area contributed by atoms with Gasteiger partial charge in [0.25, 0.3) is 0 Å². The number of nitrogens with zero attached hydrogens (tertiary/aromatic N) is 2. The smallest absolute Gasteiger partial charge is 0.149 e. The zero-order valence-electron chi connectivity index (χ0n) is 12.7. The number of aromatic nitrogens is 2. The minimum atomic E-state index is 0.232. The first kappa shape index (κ1) is 15.6. The van der Waals surface area contributed by atoms with Gasteiger partial charge in [-0.15, -0.1) is 0 Å². The molecule has 114 valence electrons. The molecule has 0 spiro atoms. The predicted molar refractivity (Wildman–Crippen MR) is 99.9 cm³/mol. The van der Waals surface area contributed by atoms with Crippen molar-refractivity contribution in [1.29, 1.82) is 5.26 Å². The fourth-order valence-corrected chi connectivity index (χ4v) is 2.87. The maximum atomic E-state index is 9.59. The van der Waals surface area contributed by atoms with E-state index in [-0.39, 0.29) is 5.75 Å². The fraction of sp³-hybridized carbons (Fsp3) is 0.111. The van der Waals surface area contributed by atoms with E-state index in [4.69, 9.17) is 0 Å². The molecule has 0 aliphatic rings. The number of aromatic hydroxyl groups is 1. The second-order valence-electron chi connectivity index (χ2n) is 5.42. The van der Waals surface area contributed by atoms with E-state index in [9.17, 15) is 10.4 Å². The predicted octanol–water partition coefficient (Wildman–Crippen LogP) is 4.55. The van der Waals surface area contributed by atoms with Gasteiger partial charge in [0, 0.05) is 0 Å². The topological polar surface area (TPSA) is 72.7 Å². The molecule has 0 aliphatic carbocycles. The molecule has 0 fully saturated rings. The van der Waals surface area contributed by atoms with Gasteiger partial charge in [0.05, 0.1) is 20.2 Å². The van der Waals surface area contributed by atoms with Crippen molar-refractivity contribution in [2.24, 2.45) is 0 Å². The van der Waals surface area contributed by atoms with Crippen LogP contribution in [-0.2, 0) is 0 Å². The first-order valence-electron chi connectivity index (χ1n) is 7.05. The molecule has 0 saturated carbocycles. The third-order valence-electron chi connectivity index (χ3n) is 3.76. The fourth-order valence-electron chi connectivity index (χ4n) is 2.33. The van der Waals surface area contributed by atoms with Crippen LogP contribution in [0.3, 0.4) is 0 Å². The molecule has 0 saturated heterocycles. The minimum absolute atomic E-state index is 0.232. The number of benzene rings is 2. The second kappa shape index (κ2) is 6.05. The summed E-state index contributed by atoms with van der Waals surface area (Å²) < 4.78 is 0.740. The molecule has 0 bridgehead atoms. The van der Waals surface area contributed by atoms with Gasteiger partial charge in [-0.2, -0.15) is 5.26 Å². The molecule has 0 aliphatic heterocycles. The van der Waals surface area contributed by atoms with Gasteiger partial charge in [-0.1, -0.05) is 6.07 Å². The van der Waals surface area contributed by atoms with Crippen LogP contribution >= 0.6 is 22.6 Å². The second-order valence-corrected chi connectivity index (χ2v) is 6.58. The number of fused-ring (bicyclic) bond motifs is 1. The largest absolute Gasteiger partial charge is 0.507 e. The molecule has 2 aromatic carbocycles. The lowest BCUT2D eigenvalue weighted by atomic mass is 10.1. The summed E-state index contributed by atoms with van der Waals surface area (Å²) in [5.41, 5.74) is 5.43. The zero-order chi connectivity index (χ0) is 16.6. The lowest BCUT2D eigenvalue weighted by Gasteiger charge is -1.99. The highest BCUT2D eigenvalue weighted by molar-refractivity contribution is 14.1. The zero-order valence-corrected chi connectivity index (χ0v) is 14.8. The SMILES string of the molecule is Cc1cc2nc(/C(C#N)=C\c3ccc(O)c(I)c3)[nH]c2cc1C. The van der Waals surface area contributed by atoms with Crippen molar-refractivity contribution in [1.82, 2.24) is 9.97 Å². The molecule has 0 amide bonds. The van der Waals surface area contributed by atoms with Crippen molar-refractivity contribution in [3.8, 4) is 11.8 Å². The minimum Gasteiger partial charge on any atom is -0.507 e. The van der Waals surface area contributed by atoms with Crippen LogP contribution in [0.25, 0.3) is 22.7 Å². The number of phenolic OH excluding ortho intramolecular Hbond substituents is 1. The van der Waals surface area contributed by atoms with Crippen LogP contribution in [-0.4, -0.2) is 15.1 Å². The molecule has 4 nitrogen and oxygen atoms in total. The van der Waals surface area contributed by atoms with E-state index < -0.39 is 0 Å². The van der Waals surface area contributed by atoms with Crippen LogP contribution in [0.1, 0.15) is 22.5 Å². The van der Waals surface area contributed by atoms with E-state index in [1.807, 2.05) is 25.1 Å². The number of nitriles is 1. The number of H-pyrrole nitrogens is 1. The number of phenols is 1. The first-order chi connectivity index (χ1) is 11.0. The standard InChI is InChI=1S/C18H14IN3O/c1-10-5-15-16(6-11(10)2)22-18(21-15)13(9-20)7-12-3-4-17(23)14(19)8-12/h3-8,23H,1-2H3,(H,21,22)/b13-7-. The third-order valence-corrected chi connectivity index (χ3v) is 4.62. The Morgan fingerprint density at radius 2 is 2.00 bits per heavy atom. The Kier molecular flexibility index (Phi) is 4.09. The average Bonchev–Trinajstić information content (AvgIpc) is 2.91. The summed E-state index contributed by atoms with van der Waals surface area (Å²) in [7, 11) is 0. The van der Waals surface area contributed by atoms with Crippen molar-refractivity contribution < 1.29 is 5.11 Å². The number of hydrogen-bond acceptors (Lipinski definition) is 3. The van der Waals surface area contributed by atoms with Gasteiger partial charge in [0.15, 0.2) is 0 Å². The molecule has 23 heavy (non-hydrogen) atoms. The summed E-state index contributed by atoms with van der Waals surface area (Å²) in [5.74, 6) is 0.784. The van der Waals surface area contributed by atoms with Crippen LogP contribution in [0.5, 0.6) is 5.75 Å². The number of aromatic amines is 1. The Morgan fingerprint density at radius 3 is 2.70 bits per heavy atom. The Hall–Kier alpha value is -2.33. The lowest BCUT2D eigenvalue weighted by molar-refractivity contribution is 0.471. The summed E-state index contributed by atoms with van der Waals surface area (Å²) in [4.78, 5) is 7.73. The van der Waals surface area contributed by atoms with Gasteiger partial charge in [-0.05, 0) is 83.5 Å². The molecular weight excluding hydrogens is 401 g/mol. The van der Waals surface area contributed by atoms with Gasteiger partial charge in [-0.25, -0.2) is 4.98 Å². The van der Waals surface area contributed by atoms with Crippen LogP contribution in [0, 0.1) is 28.7 Å². The molecule has 0 radical (unpaired) electrons. The summed E-state index contributed by atoms with van der Waals surface area (Å²) in [6.07, 6.45) is 1.76. The molecule has 3 rings (SSSR count). The highest BCUT2D eigenvalue weighted by Crippen LogP contribution is 2.25. The third kappa shape index (κ3) is 3.08. The maximum absolute atomic E-state index is 9.59. The van der Waals surface area contributed by atoms with Gasteiger partial charge < -0.3 is 10.1 Å². The Bertz CT molecular complexity index is 941. The quantitative estimate of drug-likeness (QED) is 0.476. The Balaban J connectivity index is 2.08. The van der Waals surface area contributed by atoms with E-state index in [1.165, 1.54) is 11.1 Å². The van der Waals surface area contributed by atoms with Crippen molar-refractivity contribution >= 4 is 45.3 Å². The Labute approximate surface area is 147 Å². The number of hydrogen-bond donors (Lipinski definition) is 2. The number of allylic oxidation sites excluding steroid dienone is 1. The summed E-state index contributed by atoms with van der Waals surface area (Å²) >= 11 is 2.06. The van der Waals surface area contributed by atoms with Crippen molar-refractivity contribution in [2.75, 3.05) is 0 Å². The normalized spacial score (nSPS) is 11.7. The van der Waals surface area contributed by atoms with Crippen molar-refractivity contribution in [3.63, 3.8) is 0 Å². The number of nitrogens with one attached hydrogen (secondary N) is 1. The molecule has 0 unspecified atom stereocenters. The summed E-state index contributed by atoms with van der Waals surface area (Å²) in [6.45, 7) is 4.09. The van der Waals surface area contributed by atoms with Crippen LogP contribution in [0.2, 0.25) is 0 Å². The lowest BCUT2D eigenvalue weighted by Crippen LogP contribution is -1.85.